The van der Waals surface area contributed by atoms with Crippen LogP contribution in [0.3, 0.4) is 0 Å². The number of primary amides is 1. The highest BCUT2D eigenvalue weighted by Crippen LogP contribution is 2.25. The zero-order valence-electron chi connectivity index (χ0n) is 19.5. The van der Waals surface area contributed by atoms with Crippen molar-refractivity contribution in [3.05, 3.63) is 89.6 Å². The van der Waals surface area contributed by atoms with Gasteiger partial charge in [-0.1, -0.05) is 42.5 Å². The maximum Gasteiger partial charge on any atom is 0.249 e. The molecule has 0 atom stereocenters. The minimum Gasteiger partial charge on any atom is -0.366 e. The fourth-order valence-electron chi connectivity index (χ4n) is 4.37. The molecule has 0 aliphatic carbocycles. The van der Waals surface area contributed by atoms with Gasteiger partial charge in [0, 0.05) is 41.4 Å². The van der Waals surface area contributed by atoms with Gasteiger partial charge in [-0.05, 0) is 47.9 Å². The monoisotopic (exact) mass is 479 g/mol. The number of nitrogens with two attached hydrogens (primary N) is 1. The van der Waals surface area contributed by atoms with Crippen molar-refractivity contribution in [3.63, 3.8) is 0 Å². The van der Waals surface area contributed by atoms with Crippen molar-refractivity contribution < 1.29 is 14.4 Å². The summed E-state index contributed by atoms with van der Waals surface area (Å²) < 4.78 is 0. The Morgan fingerprint density at radius 2 is 1.83 bits per heavy atom. The van der Waals surface area contributed by atoms with Gasteiger partial charge < -0.3 is 20.9 Å². The van der Waals surface area contributed by atoms with Crippen LogP contribution in [0, 0.1) is 0 Å². The minimum absolute atomic E-state index is 0.135. The van der Waals surface area contributed by atoms with Crippen LogP contribution < -0.4 is 16.0 Å². The molecule has 3 heterocycles. The average molecular weight is 480 g/mol. The Kier molecular flexibility index (Phi) is 6.32. The third kappa shape index (κ3) is 4.88. The van der Waals surface area contributed by atoms with Crippen molar-refractivity contribution >= 4 is 51.9 Å². The number of fused-ring (bicyclic) bond motifs is 1. The summed E-state index contributed by atoms with van der Waals surface area (Å²) in [5.74, 6) is -0.163. The smallest absolute Gasteiger partial charge is 0.249 e. The topological polar surface area (TPSA) is 121 Å². The molecule has 180 valence electrons. The van der Waals surface area contributed by atoms with E-state index >= 15 is 0 Å². The van der Waals surface area contributed by atoms with Crippen LogP contribution in [0.2, 0.25) is 0 Å². The van der Waals surface area contributed by atoms with Gasteiger partial charge in [-0.3, -0.25) is 14.4 Å². The molecular formula is C28H25N5O3. The molecular weight excluding hydrogens is 454 g/mol. The molecule has 0 bridgehead atoms. The number of aromatic amines is 1. The molecule has 0 spiro atoms. The van der Waals surface area contributed by atoms with Crippen LogP contribution in [0.4, 0.5) is 11.5 Å². The molecule has 0 unspecified atom stereocenters. The van der Waals surface area contributed by atoms with E-state index < -0.39 is 5.91 Å². The van der Waals surface area contributed by atoms with Gasteiger partial charge in [0.25, 0.3) is 0 Å². The number of H-pyrrole nitrogens is 1. The molecule has 4 aromatic rings. The van der Waals surface area contributed by atoms with E-state index in [0.717, 1.165) is 40.7 Å². The summed E-state index contributed by atoms with van der Waals surface area (Å²) in [7, 11) is 0. The van der Waals surface area contributed by atoms with Crippen LogP contribution >= 0.6 is 0 Å². The van der Waals surface area contributed by atoms with Crippen molar-refractivity contribution in [2.75, 3.05) is 16.8 Å². The minimum atomic E-state index is -0.521. The number of nitrogens with zero attached hydrogens (tertiary/aromatic N) is 2. The van der Waals surface area contributed by atoms with Gasteiger partial charge in [0.1, 0.15) is 11.5 Å². The van der Waals surface area contributed by atoms with Crippen molar-refractivity contribution in [2.24, 2.45) is 5.73 Å². The number of rotatable bonds is 7. The second-order valence-corrected chi connectivity index (χ2v) is 8.67. The zero-order valence-corrected chi connectivity index (χ0v) is 19.5. The summed E-state index contributed by atoms with van der Waals surface area (Å²) in [6.45, 7) is 0.735. The summed E-state index contributed by atoms with van der Waals surface area (Å²) in [5, 5.41) is 3.63. The predicted molar refractivity (Wildman–Crippen MR) is 140 cm³/mol. The molecule has 8 nitrogen and oxygen atoms in total. The molecule has 2 aromatic heterocycles. The summed E-state index contributed by atoms with van der Waals surface area (Å²) in [5.41, 5.74) is 9.80. The van der Waals surface area contributed by atoms with Crippen LogP contribution in [0.25, 0.3) is 22.7 Å². The van der Waals surface area contributed by atoms with Crippen LogP contribution in [-0.2, 0) is 20.8 Å². The Morgan fingerprint density at radius 1 is 1.06 bits per heavy atom. The zero-order chi connectivity index (χ0) is 25.1. The van der Waals surface area contributed by atoms with Crippen molar-refractivity contribution in [3.8, 4) is 0 Å². The molecule has 4 N–H and O–H groups in total. The summed E-state index contributed by atoms with van der Waals surface area (Å²) in [4.78, 5) is 45.9. The Bertz CT molecular complexity index is 1470. The van der Waals surface area contributed by atoms with E-state index in [2.05, 4.69) is 15.3 Å². The Morgan fingerprint density at radius 3 is 2.53 bits per heavy atom. The van der Waals surface area contributed by atoms with Gasteiger partial charge in [0.2, 0.25) is 17.7 Å². The lowest BCUT2D eigenvalue weighted by molar-refractivity contribution is -0.117. The molecule has 1 aliphatic rings. The van der Waals surface area contributed by atoms with Crippen LogP contribution in [0.5, 0.6) is 0 Å². The Balaban J connectivity index is 1.28. The molecule has 36 heavy (non-hydrogen) atoms. The van der Waals surface area contributed by atoms with Crippen molar-refractivity contribution in [2.45, 2.75) is 19.3 Å². The number of benzene rings is 2. The number of pyridine rings is 1. The molecule has 1 fully saturated rings. The quantitative estimate of drug-likeness (QED) is 0.348. The van der Waals surface area contributed by atoms with Gasteiger partial charge >= 0.3 is 0 Å². The average Bonchev–Trinajstić information content (AvgIpc) is 3.49. The lowest BCUT2D eigenvalue weighted by Gasteiger charge is -2.15. The number of hydrogen-bond donors (Lipinski definition) is 3. The molecule has 0 radical (unpaired) electrons. The van der Waals surface area contributed by atoms with E-state index in [-0.39, 0.29) is 18.2 Å². The molecule has 3 amide bonds. The largest absolute Gasteiger partial charge is 0.366 e. The van der Waals surface area contributed by atoms with E-state index in [4.69, 9.17) is 5.73 Å². The lowest BCUT2D eigenvalue weighted by atomic mass is 10.0. The number of nitrogens with one attached hydrogen (secondary N) is 2. The second-order valence-electron chi connectivity index (χ2n) is 8.67. The standard InChI is InChI=1S/C28H25N5O3/c29-27(36)23(19-5-2-1-3-6-19)16-20-17-30-28-22(20)12-13-24(32-28)31-25(34)15-18-8-10-21(11-9-18)33-14-4-7-26(33)35/h1-3,5-6,8-13,16-17H,4,7,14-15H2,(H2,29,36)(H2,30,31,32,34). The van der Waals surface area contributed by atoms with Crippen LogP contribution in [0.1, 0.15) is 29.5 Å². The number of anilines is 2. The predicted octanol–water partition coefficient (Wildman–Crippen LogP) is 3.90. The fourth-order valence-corrected chi connectivity index (χ4v) is 4.37. The number of hydrogen-bond acceptors (Lipinski definition) is 4. The molecule has 1 saturated heterocycles. The van der Waals surface area contributed by atoms with Gasteiger partial charge in [-0.25, -0.2) is 4.98 Å². The van der Waals surface area contributed by atoms with Crippen molar-refractivity contribution in [1.82, 2.24) is 9.97 Å². The summed E-state index contributed by atoms with van der Waals surface area (Å²) in [6.07, 6.45) is 5.13. The SMILES string of the molecule is NC(=O)C(=Cc1c[nH]c2nc(NC(=O)Cc3ccc(N4CCCC4=O)cc3)ccc12)c1ccccc1. The van der Waals surface area contributed by atoms with E-state index in [1.165, 1.54) is 0 Å². The number of carbonyl (C=O) groups excluding carboxylic acids is 3. The van der Waals surface area contributed by atoms with Gasteiger partial charge in [0.05, 0.1) is 6.42 Å². The Hall–Kier alpha value is -4.72. The highest BCUT2D eigenvalue weighted by molar-refractivity contribution is 6.24. The fraction of sp³-hybridized carbons (Fsp3) is 0.143. The van der Waals surface area contributed by atoms with E-state index in [1.54, 1.807) is 23.2 Å². The molecule has 0 saturated carbocycles. The van der Waals surface area contributed by atoms with E-state index in [0.29, 0.717) is 23.5 Å². The first-order valence-electron chi connectivity index (χ1n) is 11.7. The van der Waals surface area contributed by atoms with Gasteiger partial charge in [-0.15, -0.1) is 0 Å². The first kappa shape index (κ1) is 23.0. The second kappa shape index (κ2) is 9.87. The first-order chi connectivity index (χ1) is 17.5. The highest BCUT2D eigenvalue weighted by atomic mass is 16.2. The van der Waals surface area contributed by atoms with E-state index in [1.807, 2.05) is 60.7 Å². The molecule has 1 aliphatic heterocycles. The van der Waals surface area contributed by atoms with Crippen LogP contribution in [-0.4, -0.2) is 34.2 Å². The third-order valence-electron chi connectivity index (χ3n) is 6.17. The first-order valence-corrected chi connectivity index (χ1v) is 11.7. The summed E-state index contributed by atoms with van der Waals surface area (Å²) >= 11 is 0. The molecule has 2 aromatic carbocycles. The highest BCUT2D eigenvalue weighted by Gasteiger charge is 2.21. The Labute approximate surface area is 207 Å². The van der Waals surface area contributed by atoms with Crippen molar-refractivity contribution in [1.29, 1.82) is 0 Å². The molecule has 5 rings (SSSR count). The number of amides is 3. The maximum atomic E-state index is 12.6. The summed E-state index contributed by atoms with van der Waals surface area (Å²) in [6, 6.07) is 20.3. The maximum absolute atomic E-state index is 12.6. The van der Waals surface area contributed by atoms with Crippen LogP contribution in [0.15, 0.2) is 72.9 Å². The van der Waals surface area contributed by atoms with Gasteiger partial charge in [0.15, 0.2) is 0 Å². The normalized spacial score (nSPS) is 13.8. The van der Waals surface area contributed by atoms with E-state index in [9.17, 15) is 14.4 Å². The molecule has 8 heteroatoms. The third-order valence-corrected chi connectivity index (χ3v) is 6.17. The number of carbonyl (C=O) groups is 3. The lowest BCUT2D eigenvalue weighted by Crippen LogP contribution is -2.23. The van der Waals surface area contributed by atoms with Gasteiger partial charge in [-0.2, -0.15) is 0 Å². The number of aromatic nitrogens is 2.